The van der Waals surface area contributed by atoms with Crippen LogP contribution in [0.2, 0.25) is 0 Å². The van der Waals surface area contributed by atoms with Crippen LogP contribution in [0.15, 0.2) is 0 Å². The second-order valence-electron chi connectivity index (χ2n) is 5.94. The molecule has 2 rings (SSSR count). The average Bonchev–Trinajstić information content (AvgIpc) is 2.46. The molecule has 0 amide bonds. The van der Waals surface area contributed by atoms with Crippen LogP contribution >= 0.6 is 0 Å². The van der Waals surface area contributed by atoms with E-state index in [1.165, 1.54) is 6.42 Å². The Hall–Kier alpha value is -0.0800. The molecule has 2 heteroatoms. The highest BCUT2D eigenvalue weighted by Gasteiger charge is 2.42. The van der Waals surface area contributed by atoms with Crippen LogP contribution in [0, 0.1) is 5.92 Å². The van der Waals surface area contributed by atoms with Crippen LogP contribution in [0.25, 0.3) is 0 Å². The minimum Gasteiger partial charge on any atom is -0.390 e. The zero-order valence-electron chi connectivity index (χ0n) is 9.84. The van der Waals surface area contributed by atoms with Gasteiger partial charge in [0.1, 0.15) is 0 Å². The second-order valence-corrected chi connectivity index (χ2v) is 5.94. The second kappa shape index (κ2) is 4.06. The van der Waals surface area contributed by atoms with E-state index in [0.29, 0.717) is 5.92 Å². The summed E-state index contributed by atoms with van der Waals surface area (Å²) in [6.45, 7) is 1.94. The van der Waals surface area contributed by atoms with Gasteiger partial charge in [0.15, 0.2) is 0 Å². The standard InChI is InChI=1S/C13H24O2/c1-12(14)7-5-6-11(12)10-13(15)8-3-2-4-9-13/h11,14-15H,2-10H2,1H3/t11-,12+/m0/s1. The van der Waals surface area contributed by atoms with E-state index in [1.54, 1.807) is 0 Å². The van der Waals surface area contributed by atoms with Gasteiger partial charge in [0.25, 0.3) is 0 Å². The topological polar surface area (TPSA) is 40.5 Å². The fourth-order valence-electron chi connectivity index (χ4n) is 3.42. The smallest absolute Gasteiger partial charge is 0.0651 e. The van der Waals surface area contributed by atoms with Gasteiger partial charge in [-0.2, -0.15) is 0 Å². The molecule has 0 radical (unpaired) electrons. The van der Waals surface area contributed by atoms with Crippen LogP contribution in [0.3, 0.4) is 0 Å². The van der Waals surface area contributed by atoms with Crippen LogP contribution < -0.4 is 0 Å². The van der Waals surface area contributed by atoms with Crippen molar-refractivity contribution < 1.29 is 10.2 Å². The molecule has 0 aromatic carbocycles. The average molecular weight is 212 g/mol. The highest BCUT2D eigenvalue weighted by atomic mass is 16.3. The van der Waals surface area contributed by atoms with Crippen molar-refractivity contribution >= 4 is 0 Å². The van der Waals surface area contributed by atoms with Crippen molar-refractivity contribution in [2.75, 3.05) is 0 Å². The van der Waals surface area contributed by atoms with E-state index in [2.05, 4.69) is 0 Å². The fraction of sp³-hybridized carbons (Fsp3) is 1.00. The Bertz CT molecular complexity index is 217. The van der Waals surface area contributed by atoms with Crippen molar-refractivity contribution in [3.63, 3.8) is 0 Å². The van der Waals surface area contributed by atoms with E-state index in [4.69, 9.17) is 0 Å². The molecule has 2 atom stereocenters. The summed E-state index contributed by atoms with van der Waals surface area (Å²) >= 11 is 0. The van der Waals surface area contributed by atoms with E-state index in [-0.39, 0.29) is 0 Å². The summed E-state index contributed by atoms with van der Waals surface area (Å²) in [6, 6.07) is 0. The number of hydrogen-bond donors (Lipinski definition) is 2. The van der Waals surface area contributed by atoms with E-state index in [0.717, 1.165) is 51.4 Å². The molecular weight excluding hydrogens is 188 g/mol. The molecule has 0 spiro atoms. The van der Waals surface area contributed by atoms with Gasteiger partial charge in [-0.05, 0) is 44.9 Å². The summed E-state index contributed by atoms with van der Waals surface area (Å²) in [6.07, 6.45) is 9.41. The lowest BCUT2D eigenvalue weighted by atomic mass is 9.75. The number of rotatable bonds is 2. The maximum Gasteiger partial charge on any atom is 0.0651 e. The van der Waals surface area contributed by atoms with E-state index >= 15 is 0 Å². The lowest BCUT2D eigenvalue weighted by Crippen LogP contribution is -2.39. The van der Waals surface area contributed by atoms with Gasteiger partial charge in [-0.25, -0.2) is 0 Å². The predicted molar refractivity (Wildman–Crippen MR) is 60.6 cm³/mol. The Balaban J connectivity index is 1.95. The molecule has 0 aliphatic heterocycles. The van der Waals surface area contributed by atoms with Gasteiger partial charge >= 0.3 is 0 Å². The van der Waals surface area contributed by atoms with E-state index in [1.807, 2.05) is 6.92 Å². The normalized spacial score (nSPS) is 40.6. The lowest BCUT2D eigenvalue weighted by molar-refractivity contribution is -0.0581. The van der Waals surface area contributed by atoms with Gasteiger partial charge in [0, 0.05) is 0 Å². The van der Waals surface area contributed by atoms with Crippen LogP contribution in [0.1, 0.15) is 64.7 Å². The Labute approximate surface area is 92.7 Å². The van der Waals surface area contributed by atoms with Crippen molar-refractivity contribution in [3.8, 4) is 0 Å². The van der Waals surface area contributed by atoms with Gasteiger partial charge in [0.05, 0.1) is 11.2 Å². The fourth-order valence-corrected chi connectivity index (χ4v) is 3.42. The molecule has 0 heterocycles. The maximum absolute atomic E-state index is 10.5. The van der Waals surface area contributed by atoms with Crippen molar-refractivity contribution in [1.29, 1.82) is 0 Å². The molecule has 0 saturated heterocycles. The summed E-state index contributed by atoms with van der Waals surface area (Å²) in [7, 11) is 0. The number of aliphatic hydroxyl groups is 2. The third kappa shape index (κ3) is 2.54. The molecule has 0 bridgehead atoms. The molecule has 2 N–H and O–H groups in total. The van der Waals surface area contributed by atoms with Crippen molar-refractivity contribution in [2.24, 2.45) is 5.92 Å². The van der Waals surface area contributed by atoms with Crippen LogP contribution in [-0.2, 0) is 0 Å². The zero-order chi connectivity index (χ0) is 10.9. The Morgan fingerprint density at radius 2 is 1.67 bits per heavy atom. The van der Waals surface area contributed by atoms with Crippen molar-refractivity contribution in [3.05, 3.63) is 0 Å². The Morgan fingerprint density at radius 1 is 1.00 bits per heavy atom. The monoisotopic (exact) mass is 212 g/mol. The third-order valence-corrected chi connectivity index (χ3v) is 4.53. The molecule has 2 nitrogen and oxygen atoms in total. The lowest BCUT2D eigenvalue weighted by Gasteiger charge is -2.37. The van der Waals surface area contributed by atoms with Gasteiger partial charge < -0.3 is 10.2 Å². The molecule has 88 valence electrons. The largest absolute Gasteiger partial charge is 0.390 e. The van der Waals surface area contributed by atoms with Gasteiger partial charge in [-0.15, -0.1) is 0 Å². The minimum absolute atomic E-state index is 0.320. The predicted octanol–water partition coefficient (Wildman–Crippen LogP) is 2.62. The first-order valence-electron chi connectivity index (χ1n) is 6.47. The Morgan fingerprint density at radius 3 is 2.20 bits per heavy atom. The summed E-state index contributed by atoms with van der Waals surface area (Å²) in [5, 5.41) is 20.6. The summed E-state index contributed by atoms with van der Waals surface area (Å²) in [5.41, 5.74) is -0.982. The van der Waals surface area contributed by atoms with Crippen molar-refractivity contribution in [2.45, 2.75) is 75.9 Å². The third-order valence-electron chi connectivity index (χ3n) is 4.53. The zero-order valence-corrected chi connectivity index (χ0v) is 9.84. The maximum atomic E-state index is 10.5. The first-order valence-corrected chi connectivity index (χ1v) is 6.47. The van der Waals surface area contributed by atoms with Crippen molar-refractivity contribution in [1.82, 2.24) is 0 Å². The SMILES string of the molecule is C[C@@]1(O)CCC[C@H]1CC1(O)CCCCC1. The van der Waals surface area contributed by atoms with Crippen LogP contribution in [0.4, 0.5) is 0 Å². The molecule has 2 aliphatic rings. The molecular formula is C13H24O2. The molecule has 2 saturated carbocycles. The van der Waals surface area contributed by atoms with Gasteiger partial charge in [-0.1, -0.05) is 25.7 Å². The highest BCUT2D eigenvalue weighted by molar-refractivity contribution is 4.94. The molecule has 0 aromatic rings. The molecule has 0 unspecified atom stereocenters. The quantitative estimate of drug-likeness (QED) is 0.738. The molecule has 2 fully saturated rings. The highest BCUT2D eigenvalue weighted by Crippen LogP contribution is 2.43. The molecule has 2 aliphatic carbocycles. The minimum atomic E-state index is -0.521. The molecule has 15 heavy (non-hydrogen) atoms. The Kier molecular flexibility index (Phi) is 3.09. The van der Waals surface area contributed by atoms with Gasteiger partial charge in [0.2, 0.25) is 0 Å². The van der Waals surface area contributed by atoms with Crippen LogP contribution in [0.5, 0.6) is 0 Å². The van der Waals surface area contributed by atoms with E-state index < -0.39 is 11.2 Å². The first-order chi connectivity index (χ1) is 7.02. The summed E-state index contributed by atoms with van der Waals surface area (Å²) < 4.78 is 0. The van der Waals surface area contributed by atoms with Gasteiger partial charge in [-0.3, -0.25) is 0 Å². The first kappa shape index (κ1) is 11.4. The van der Waals surface area contributed by atoms with E-state index in [9.17, 15) is 10.2 Å². The summed E-state index contributed by atoms with van der Waals surface area (Å²) in [4.78, 5) is 0. The van der Waals surface area contributed by atoms with Crippen LogP contribution in [-0.4, -0.2) is 21.4 Å². The molecule has 0 aromatic heterocycles. The number of hydrogen-bond acceptors (Lipinski definition) is 2. The summed E-state index contributed by atoms with van der Waals surface area (Å²) in [5.74, 6) is 0.320.